The van der Waals surface area contributed by atoms with Crippen LogP contribution in [-0.2, 0) is 4.74 Å². The highest BCUT2D eigenvalue weighted by molar-refractivity contribution is 5.03. The van der Waals surface area contributed by atoms with Crippen molar-refractivity contribution in [1.82, 2.24) is 10.2 Å². The van der Waals surface area contributed by atoms with Crippen molar-refractivity contribution < 1.29 is 9.84 Å². The van der Waals surface area contributed by atoms with Crippen LogP contribution in [0.5, 0.6) is 0 Å². The van der Waals surface area contributed by atoms with Gasteiger partial charge in [0.1, 0.15) is 0 Å². The van der Waals surface area contributed by atoms with Crippen molar-refractivity contribution in [2.45, 2.75) is 52.1 Å². The van der Waals surface area contributed by atoms with Crippen LogP contribution in [0.1, 0.15) is 40.5 Å². The summed E-state index contributed by atoms with van der Waals surface area (Å²) in [5, 5.41) is 13.6. The number of aliphatic hydroxyl groups excluding tert-OH is 1. The first kappa shape index (κ1) is 16.9. The summed E-state index contributed by atoms with van der Waals surface area (Å²) >= 11 is 0. The second kappa shape index (κ2) is 8.20. The molecule has 4 heteroatoms. The number of aliphatic hydroxyl groups is 1. The molecule has 0 heterocycles. The van der Waals surface area contributed by atoms with Crippen LogP contribution in [-0.4, -0.2) is 61.0 Å². The number of likely N-dealkylation sites (N-methyl/N-ethyl adjacent to an activating group) is 1. The monoisotopic (exact) mass is 272 g/mol. The van der Waals surface area contributed by atoms with Crippen LogP contribution >= 0.6 is 0 Å². The van der Waals surface area contributed by atoms with Crippen LogP contribution < -0.4 is 5.32 Å². The summed E-state index contributed by atoms with van der Waals surface area (Å²) in [7, 11) is 0. The summed E-state index contributed by atoms with van der Waals surface area (Å²) in [5.74, 6) is 0.626. The van der Waals surface area contributed by atoms with Crippen molar-refractivity contribution in [3.05, 3.63) is 0 Å². The normalized spacial score (nSPS) is 19.1. The Morgan fingerprint density at radius 3 is 2.47 bits per heavy atom. The van der Waals surface area contributed by atoms with Crippen LogP contribution in [0, 0.1) is 5.92 Å². The van der Waals surface area contributed by atoms with E-state index in [1.54, 1.807) is 0 Å². The minimum absolute atomic E-state index is 0.129. The van der Waals surface area contributed by atoms with E-state index >= 15 is 0 Å². The van der Waals surface area contributed by atoms with E-state index in [1.165, 1.54) is 12.8 Å². The molecule has 0 saturated heterocycles. The number of hydrogen-bond donors (Lipinski definition) is 2. The summed E-state index contributed by atoms with van der Waals surface area (Å²) < 4.78 is 5.45. The minimum atomic E-state index is -0.129. The smallest absolute Gasteiger partial charge is 0.0628 e. The molecule has 0 aromatic heterocycles. The van der Waals surface area contributed by atoms with Gasteiger partial charge in [-0.15, -0.1) is 0 Å². The van der Waals surface area contributed by atoms with E-state index in [9.17, 15) is 5.11 Å². The molecule has 0 spiro atoms. The summed E-state index contributed by atoms with van der Waals surface area (Å²) in [4.78, 5) is 2.39. The second-order valence-electron chi connectivity index (χ2n) is 5.95. The highest BCUT2D eigenvalue weighted by Gasteiger charge is 2.45. The molecule has 4 nitrogen and oxygen atoms in total. The molecule has 0 bridgehead atoms. The van der Waals surface area contributed by atoms with E-state index in [-0.39, 0.29) is 12.1 Å². The van der Waals surface area contributed by atoms with Crippen molar-refractivity contribution in [3.8, 4) is 0 Å². The molecule has 2 N–H and O–H groups in total. The Balaban J connectivity index is 2.58. The molecule has 114 valence electrons. The van der Waals surface area contributed by atoms with Gasteiger partial charge >= 0.3 is 0 Å². The summed E-state index contributed by atoms with van der Waals surface area (Å²) in [6.07, 6.45) is 2.48. The fourth-order valence-electron chi connectivity index (χ4n) is 2.81. The van der Waals surface area contributed by atoms with E-state index in [1.807, 2.05) is 6.92 Å². The van der Waals surface area contributed by atoms with Gasteiger partial charge in [-0.3, -0.25) is 4.90 Å². The number of nitrogens with one attached hydrogen (secondary N) is 1. The lowest BCUT2D eigenvalue weighted by Gasteiger charge is -2.39. The van der Waals surface area contributed by atoms with Gasteiger partial charge in [0.15, 0.2) is 0 Å². The quantitative estimate of drug-likeness (QED) is 0.559. The maximum atomic E-state index is 9.93. The minimum Gasteiger partial charge on any atom is -0.394 e. The van der Waals surface area contributed by atoms with Gasteiger partial charge in [0.05, 0.1) is 18.8 Å². The van der Waals surface area contributed by atoms with Crippen LogP contribution in [0.4, 0.5) is 0 Å². The summed E-state index contributed by atoms with van der Waals surface area (Å²) in [5.41, 5.74) is -0.129. The Morgan fingerprint density at radius 1 is 1.37 bits per heavy atom. The summed E-state index contributed by atoms with van der Waals surface area (Å²) in [6, 6.07) is 0.401. The average molecular weight is 272 g/mol. The first-order valence-corrected chi connectivity index (χ1v) is 7.76. The zero-order valence-corrected chi connectivity index (χ0v) is 13.1. The molecule has 1 unspecified atom stereocenters. The molecule has 1 aliphatic carbocycles. The molecule has 0 aliphatic heterocycles. The highest BCUT2D eigenvalue weighted by atomic mass is 16.5. The topological polar surface area (TPSA) is 44.7 Å². The zero-order valence-electron chi connectivity index (χ0n) is 13.1. The molecule has 19 heavy (non-hydrogen) atoms. The average Bonchev–Trinajstić information content (AvgIpc) is 3.20. The van der Waals surface area contributed by atoms with Gasteiger partial charge in [-0.25, -0.2) is 0 Å². The van der Waals surface area contributed by atoms with Crippen LogP contribution in [0.3, 0.4) is 0 Å². The molecule has 1 atom stereocenters. The maximum absolute atomic E-state index is 9.93. The number of nitrogens with zero attached hydrogens (tertiary/aromatic N) is 1. The van der Waals surface area contributed by atoms with E-state index in [0.717, 1.165) is 32.8 Å². The van der Waals surface area contributed by atoms with Crippen molar-refractivity contribution in [1.29, 1.82) is 0 Å². The van der Waals surface area contributed by atoms with Crippen molar-refractivity contribution >= 4 is 0 Å². The highest BCUT2D eigenvalue weighted by Crippen LogP contribution is 2.40. The van der Waals surface area contributed by atoms with Gasteiger partial charge in [0.25, 0.3) is 0 Å². The van der Waals surface area contributed by atoms with Crippen molar-refractivity contribution in [3.63, 3.8) is 0 Å². The molecule has 1 saturated carbocycles. The fraction of sp³-hybridized carbons (Fsp3) is 1.00. The molecule has 1 fully saturated rings. The first-order valence-electron chi connectivity index (χ1n) is 7.76. The number of ether oxygens (including phenoxy) is 1. The zero-order chi connectivity index (χ0) is 14.3. The van der Waals surface area contributed by atoms with E-state index in [2.05, 4.69) is 31.0 Å². The largest absolute Gasteiger partial charge is 0.394 e. The Morgan fingerprint density at radius 2 is 2.05 bits per heavy atom. The predicted octanol–water partition coefficient (Wildman–Crippen LogP) is 1.48. The number of rotatable bonds is 11. The lowest BCUT2D eigenvalue weighted by atomic mass is 9.92. The van der Waals surface area contributed by atoms with Gasteiger partial charge in [0, 0.05) is 25.7 Å². The van der Waals surface area contributed by atoms with Gasteiger partial charge in [-0.2, -0.15) is 0 Å². The van der Waals surface area contributed by atoms with Crippen molar-refractivity contribution in [2.75, 3.05) is 39.5 Å². The lowest BCUT2D eigenvalue weighted by molar-refractivity contribution is 0.0633. The van der Waals surface area contributed by atoms with E-state index in [0.29, 0.717) is 12.0 Å². The van der Waals surface area contributed by atoms with Crippen LogP contribution in [0.15, 0.2) is 0 Å². The molecular formula is C15H32N2O2. The Labute approximate surface area is 118 Å². The molecular weight excluding hydrogens is 240 g/mol. The van der Waals surface area contributed by atoms with Gasteiger partial charge in [-0.1, -0.05) is 20.8 Å². The molecule has 0 radical (unpaired) electrons. The number of hydrogen-bond acceptors (Lipinski definition) is 4. The third-order valence-electron chi connectivity index (χ3n) is 3.93. The second-order valence-corrected chi connectivity index (χ2v) is 5.95. The molecule has 0 aromatic rings. The van der Waals surface area contributed by atoms with E-state index < -0.39 is 0 Å². The summed E-state index contributed by atoms with van der Waals surface area (Å²) in [6.45, 7) is 13.1. The van der Waals surface area contributed by atoms with Crippen molar-refractivity contribution in [2.24, 2.45) is 5.92 Å². The van der Waals surface area contributed by atoms with Crippen LogP contribution in [0.2, 0.25) is 0 Å². The molecule has 1 rings (SSSR count). The molecule has 0 aromatic carbocycles. The molecule has 1 aliphatic rings. The SMILES string of the molecule is CCOCCN(CC)CC(CO)(NC(C)C)C1CC1. The van der Waals surface area contributed by atoms with E-state index in [4.69, 9.17) is 4.74 Å². The van der Waals surface area contributed by atoms with Crippen LogP contribution in [0.25, 0.3) is 0 Å². The fourth-order valence-corrected chi connectivity index (χ4v) is 2.81. The lowest BCUT2D eigenvalue weighted by Crippen LogP contribution is -2.60. The third kappa shape index (κ3) is 5.38. The van der Waals surface area contributed by atoms with Gasteiger partial charge in [-0.05, 0) is 32.2 Å². The van der Waals surface area contributed by atoms with Gasteiger partial charge in [0.2, 0.25) is 0 Å². The standard InChI is InChI=1S/C15H32N2O2/c1-5-17(9-10-19-6-2)11-15(12-18,14-7-8-14)16-13(3)4/h13-14,16,18H,5-12H2,1-4H3. The molecule has 0 amide bonds. The Kier molecular flexibility index (Phi) is 7.29. The Bertz CT molecular complexity index is 244. The Hall–Kier alpha value is -0.160. The first-order chi connectivity index (χ1) is 9.07. The third-order valence-corrected chi connectivity index (χ3v) is 3.93. The maximum Gasteiger partial charge on any atom is 0.0628 e. The van der Waals surface area contributed by atoms with Gasteiger partial charge < -0.3 is 15.2 Å². The predicted molar refractivity (Wildman–Crippen MR) is 79.4 cm³/mol.